The predicted molar refractivity (Wildman–Crippen MR) is 111 cm³/mol. The number of sulfone groups is 1. The average Bonchev–Trinajstić information content (AvgIpc) is 3.32. The molecule has 7 heteroatoms. The van der Waals surface area contributed by atoms with Crippen LogP contribution in [0.3, 0.4) is 0 Å². The molecule has 4 rings (SSSR count). The van der Waals surface area contributed by atoms with Crippen molar-refractivity contribution < 1.29 is 13.2 Å². The highest BCUT2D eigenvalue weighted by molar-refractivity contribution is 7.90. The van der Waals surface area contributed by atoms with Crippen molar-refractivity contribution in [3.8, 4) is 0 Å². The Labute approximate surface area is 170 Å². The molecule has 0 aliphatic heterocycles. The fourth-order valence-electron chi connectivity index (χ4n) is 4.38. The minimum absolute atomic E-state index is 0.0283. The van der Waals surface area contributed by atoms with Gasteiger partial charge in [0, 0.05) is 17.8 Å². The van der Waals surface area contributed by atoms with Gasteiger partial charge in [0.25, 0.3) is 0 Å². The van der Waals surface area contributed by atoms with E-state index in [9.17, 15) is 13.2 Å². The molecule has 1 N–H and O–H groups in total. The Morgan fingerprint density at radius 3 is 2.61 bits per heavy atom. The van der Waals surface area contributed by atoms with E-state index < -0.39 is 15.3 Å². The second kappa shape index (κ2) is 7.59. The number of nitrogens with zero attached hydrogens (tertiary/aromatic N) is 1. The minimum atomic E-state index is -3.28. The summed E-state index contributed by atoms with van der Waals surface area (Å²) in [6.07, 6.45) is 11.5. The second-order valence-electron chi connectivity index (χ2n) is 8.17. The van der Waals surface area contributed by atoms with Crippen LogP contribution < -0.4 is 5.32 Å². The third-order valence-corrected chi connectivity index (χ3v) is 7.89. The van der Waals surface area contributed by atoms with Gasteiger partial charge in [-0.25, -0.2) is 13.4 Å². The van der Waals surface area contributed by atoms with Crippen LogP contribution in [-0.2, 0) is 26.5 Å². The number of aromatic nitrogens is 1. The SMILES string of the molecule is CS(=O)(=O)c1ccc(C2(C(=O)Nc3nccs3)CC2)c(CC2CCCCC2)c1. The molecule has 2 fully saturated rings. The van der Waals surface area contributed by atoms with Gasteiger partial charge >= 0.3 is 0 Å². The molecule has 0 bridgehead atoms. The van der Waals surface area contributed by atoms with Gasteiger partial charge in [-0.2, -0.15) is 0 Å². The summed E-state index contributed by atoms with van der Waals surface area (Å²) in [5.74, 6) is 0.541. The topological polar surface area (TPSA) is 76.1 Å². The van der Waals surface area contributed by atoms with Crippen molar-refractivity contribution in [2.24, 2.45) is 5.92 Å². The van der Waals surface area contributed by atoms with Crippen molar-refractivity contribution in [1.82, 2.24) is 4.98 Å². The van der Waals surface area contributed by atoms with Crippen LogP contribution in [0, 0.1) is 5.92 Å². The van der Waals surface area contributed by atoms with E-state index in [1.54, 1.807) is 12.3 Å². The number of hydrogen-bond acceptors (Lipinski definition) is 5. The summed E-state index contributed by atoms with van der Waals surface area (Å²) in [7, 11) is -3.28. The van der Waals surface area contributed by atoms with Gasteiger partial charge in [0.05, 0.1) is 10.3 Å². The smallest absolute Gasteiger partial charge is 0.236 e. The van der Waals surface area contributed by atoms with Crippen LogP contribution in [0.4, 0.5) is 5.13 Å². The Hall–Kier alpha value is -1.73. The van der Waals surface area contributed by atoms with Crippen LogP contribution in [0.5, 0.6) is 0 Å². The molecular weight excluding hydrogens is 392 g/mol. The molecule has 2 aliphatic rings. The molecule has 1 amide bonds. The summed E-state index contributed by atoms with van der Waals surface area (Å²) in [6, 6.07) is 5.35. The van der Waals surface area contributed by atoms with Crippen LogP contribution >= 0.6 is 11.3 Å². The number of rotatable bonds is 6. The number of anilines is 1. The summed E-state index contributed by atoms with van der Waals surface area (Å²) in [5, 5.41) is 5.40. The molecule has 150 valence electrons. The molecule has 0 saturated heterocycles. The molecule has 5 nitrogen and oxygen atoms in total. The molecule has 28 heavy (non-hydrogen) atoms. The fraction of sp³-hybridized carbons (Fsp3) is 0.524. The Morgan fingerprint density at radius 2 is 2.00 bits per heavy atom. The first-order valence-electron chi connectivity index (χ1n) is 9.93. The average molecular weight is 419 g/mol. The lowest BCUT2D eigenvalue weighted by Crippen LogP contribution is -2.29. The van der Waals surface area contributed by atoms with Crippen molar-refractivity contribution in [2.45, 2.75) is 61.7 Å². The summed E-state index contributed by atoms with van der Waals surface area (Å²) in [6.45, 7) is 0. The van der Waals surface area contributed by atoms with E-state index in [0.717, 1.165) is 30.4 Å². The standard InChI is InChI=1S/C21H26N2O3S2/c1-28(25,26)17-7-8-18(16(14-17)13-15-5-3-2-4-6-15)21(9-10-21)19(24)23-20-22-11-12-27-20/h7-8,11-12,14-15H,2-6,9-10,13H2,1H3,(H,22,23,24). The van der Waals surface area contributed by atoms with E-state index in [2.05, 4.69) is 10.3 Å². The van der Waals surface area contributed by atoms with Crippen LogP contribution in [0.25, 0.3) is 0 Å². The summed E-state index contributed by atoms with van der Waals surface area (Å²) < 4.78 is 24.2. The van der Waals surface area contributed by atoms with Gasteiger partial charge in [-0.3, -0.25) is 4.79 Å². The minimum Gasteiger partial charge on any atom is -0.301 e. The molecule has 1 heterocycles. The Bertz CT molecular complexity index is 958. The van der Waals surface area contributed by atoms with Crippen LogP contribution in [0.1, 0.15) is 56.1 Å². The molecule has 0 spiro atoms. The third kappa shape index (κ3) is 4.01. The molecule has 0 radical (unpaired) electrons. The van der Waals surface area contributed by atoms with Gasteiger partial charge in [0.2, 0.25) is 5.91 Å². The maximum Gasteiger partial charge on any atom is 0.236 e. The first-order chi connectivity index (χ1) is 13.4. The lowest BCUT2D eigenvalue weighted by molar-refractivity contribution is -0.118. The second-order valence-corrected chi connectivity index (χ2v) is 11.1. The zero-order valence-corrected chi connectivity index (χ0v) is 17.7. The van der Waals surface area contributed by atoms with Gasteiger partial charge < -0.3 is 5.32 Å². The van der Waals surface area contributed by atoms with E-state index in [-0.39, 0.29) is 5.91 Å². The molecule has 2 aromatic rings. The van der Waals surface area contributed by atoms with E-state index in [1.165, 1.54) is 49.7 Å². The van der Waals surface area contributed by atoms with E-state index in [0.29, 0.717) is 15.9 Å². The molecule has 2 saturated carbocycles. The molecular formula is C21H26N2O3S2. The quantitative estimate of drug-likeness (QED) is 0.757. The number of amides is 1. The normalized spacial score (nSPS) is 19.3. The first kappa shape index (κ1) is 19.6. The molecule has 1 aromatic carbocycles. The van der Waals surface area contributed by atoms with Crippen LogP contribution in [0.2, 0.25) is 0 Å². The van der Waals surface area contributed by atoms with Crippen molar-refractivity contribution in [1.29, 1.82) is 0 Å². The fourth-order valence-corrected chi connectivity index (χ4v) is 5.58. The highest BCUT2D eigenvalue weighted by Crippen LogP contribution is 2.51. The summed E-state index contributed by atoms with van der Waals surface area (Å²) in [5.41, 5.74) is 1.48. The highest BCUT2D eigenvalue weighted by atomic mass is 32.2. The summed E-state index contributed by atoms with van der Waals surface area (Å²) >= 11 is 1.41. The van der Waals surface area contributed by atoms with Crippen molar-refractivity contribution in [3.05, 3.63) is 40.9 Å². The number of benzene rings is 1. The Balaban J connectivity index is 1.67. The van der Waals surface area contributed by atoms with Crippen molar-refractivity contribution in [3.63, 3.8) is 0 Å². The zero-order valence-electron chi connectivity index (χ0n) is 16.1. The molecule has 1 aromatic heterocycles. The lowest BCUT2D eigenvalue weighted by Gasteiger charge is -2.25. The highest BCUT2D eigenvalue weighted by Gasteiger charge is 2.52. The summed E-state index contributed by atoms with van der Waals surface area (Å²) in [4.78, 5) is 17.6. The van der Waals surface area contributed by atoms with Gasteiger partial charge in [-0.1, -0.05) is 38.2 Å². The van der Waals surface area contributed by atoms with E-state index in [1.807, 2.05) is 17.5 Å². The first-order valence-corrected chi connectivity index (χ1v) is 12.7. The van der Waals surface area contributed by atoms with Crippen molar-refractivity contribution in [2.75, 3.05) is 11.6 Å². The number of hydrogen-bond donors (Lipinski definition) is 1. The number of thiazole rings is 1. The maximum absolute atomic E-state index is 13.1. The van der Waals surface area contributed by atoms with Gasteiger partial charge in [0.15, 0.2) is 15.0 Å². The van der Waals surface area contributed by atoms with Gasteiger partial charge in [-0.15, -0.1) is 11.3 Å². The monoisotopic (exact) mass is 418 g/mol. The maximum atomic E-state index is 13.1. The van der Waals surface area contributed by atoms with Gasteiger partial charge in [0.1, 0.15) is 0 Å². The zero-order chi connectivity index (χ0) is 19.8. The van der Waals surface area contributed by atoms with Crippen LogP contribution in [-0.4, -0.2) is 25.6 Å². The lowest BCUT2D eigenvalue weighted by atomic mass is 9.81. The van der Waals surface area contributed by atoms with E-state index >= 15 is 0 Å². The number of carbonyl (C=O) groups excluding carboxylic acids is 1. The number of nitrogens with one attached hydrogen (secondary N) is 1. The Morgan fingerprint density at radius 1 is 1.25 bits per heavy atom. The largest absolute Gasteiger partial charge is 0.301 e. The van der Waals surface area contributed by atoms with E-state index in [4.69, 9.17) is 0 Å². The van der Waals surface area contributed by atoms with Crippen LogP contribution in [0.15, 0.2) is 34.7 Å². The Kier molecular flexibility index (Phi) is 5.31. The number of carbonyl (C=O) groups is 1. The third-order valence-electron chi connectivity index (χ3n) is 6.09. The van der Waals surface area contributed by atoms with Gasteiger partial charge in [-0.05, 0) is 48.4 Å². The van der Waals surface area contributed by atoms with Crippen molar-refractivity contribution >= 4 is 32.2 Å². The molecule has 0 unspecified atom stereocenters. The predicted octanol–water partition coefficient (Wildman–Crippen LogP) is 4.34. The molecule has 0 atom stereocenters. The molecule has 2 aliphatic carbocycles.